The molecule has 0 radical (unpaired) electrons. The average Bonchev–Trinajstić information content (AvgIpc) is 3.81. The lowest BCUT2D eigenvalue weighted by Gasteiger charge is -2.45. The molecular weight excluding hydrogens is 1000 g/mol. The predicted octanol–water partition coefficient (Wildman–Crippen LogP) is 7.14. The van der Waals surface area contributed by atoms with Crippen LogP contribution in [0.15, 0.2) is 0 Å². The van der Waals surface area contributed by atoms with Crippen molar-refractivity contribution in [3.63, 3.8) is 0 Å². The molecule has 20 heteroatoms. The molecule has 12 unspecified atom stereocenters. The molecule has 0 N–H and O–H groups in total. The maximum absolute atomic E-state index is 12.2. The molecule has 0 aromatic heterocycles. The van der Waals surface area contributed by atoms with Crippen molar-refractivity contribution in [1.29, 1.82) is 0 Å². The van der Waals surface area contributed by atoms with Crippen molar-refractivity contribution in [1.82, 2.24) is 0 Å². The van der Waals surface area contributed by atoms with E-state index in [0.29, 0.717) is 69.1 Å². The third-order valence-corrected chi connectivity index (χ3v) is 18.1. The summed E-state index contributed by atoms with van der Waals surface area (Å²) in [5.41, 5.74) is -3.23. The zero-order valence-corrected chi connectivity index (χ0v) is 46.8. The van der Waals surface area contributed by atoms with Gasteiger partial charge in [-0.1, -0.05) is 20.8 Å². The first kappa shape index (κ1) is 59.8. The van der Waals surface area contributed by atoms with Gasteiger partial charge in [0.2, 0.25) is 0 Å². The summed E-state index contributed by atoms with van der Waals surface area (Å²) >= 11 is 0. The normalized spacial score (nSPS) is 33.0. The van der Waals surface area contributed by atoms with Crippen LogP contribution in [0.5, 0.6) is 0 Å². The third kappa shape index (κ3) is 15.1. The SMILES string of the molecule is CCC(C)(C)C(=O)OCC(=O)OCC(=O)OC12CC3CC(C1)OC(=O)C(C3)C2.CCC(C)(C)C(=O)OCCOC(=O)COC12CC3CC(C1)OC(=O)C(C3)C2.CCC(C)(C)C(=O)OCOC12CC3CC(C1)OC(=O)C(C3)C2. The Kier molecular flexibility index (Phi) is 18.8. The van der Waals surface area contributed by atoms with Gasteiger partial charge in [-0.25, -0.2) is 14.4 Å². The smallest absolute Gasteiger partial charge is 0.344 e. The van der Waals surface area contributed by atoms with Crippen molar-refractivity contribution in [3.05, 3.63) is 0 Å². The fraction of sp³-hybridized carbons (Fsp3) is 0.842. The molecular formula is C57H84O20. The van der Waals surface area contributed by atoms with Crippen molar-refractivity contribution in [2.24, 2.45) is 51.8 Å². The molecule has 12 aliphatic rings. The average molecular weight is 1090 g/mol. The van der Waals surface area contributed by atoms with Gasteiger partial charge in [0.1, 0.15) is 43.7 Å². The summed E-state index contributed by atoms with van der Waals surface area (Å²) in [5, 5.41) is 0. The number of rotatable bonds is 20. The second-order valence-corrected chi connectivity index (χ2v) is 25.4. The molecule has 0 spiro atoms. The highest BCUT2D eigenvalue weighted by atomic mass is 16.7. The van der Waals surface area contributed by atoms with E-state index >= 15 is 0 Å². The molecule has 6 saturated carbocycles. The van der Waals surface area contributed by atoms with Gasteiger partial charge in [0.15, 0.2) is 20.0 Å². The highest BCUT2D eigenvalue weighted by Gasteiger charge is 2.57. The van der Waals surface area contributed by atoms with E-state index in [2.05, 4.69) is 0 Å². The number of esters is 9. The Morgan fingerprint density at radius 1 is 0.429 bits per heavy atom. The van der Waals surface area contributed by atoms with Crippen molar-refractivity contribution < 1.29 is 95.3 Å². The molecule has 6 aliphatic carbocycles. The summed E-state index contributed by atoms with van der Waals surface area (Å²) in [6.07, 6.45) is 13.1. The van der Waals surface area contributed by atoms with E-state index in [1.165, 1.54) is 0 Å². The zero-order chi connectivity index (χ0) is 56.1. The Morgan fingerprint density at radius 2 is 0.805 bits per heavy atom. The molecule has 0 aromatic rings. The largest absolute Gasteiger partial charge is 0.462 e. The van der Waals surface area contributed by atoms with Crippen LogP contribution in [0.4, 0.5) is 0 Å². The van der Waals surface area contributed by atoms with Gasteiger partial charge < -0.3 is 52.1 Å². The molecule has 12 fully saturated rings. The first-order chi connectivity index (χ1) is 36.2. The number of fused-ring (bicyclic) bond motifs is 3. The van der Waals surface area contributed by atoms with Gasteiger partial charge in [-0.3, -0.25) is 28.8 Å². The van der Waals surface area contributed by atoms with E-state index in [4.69, 9.17) is 52.1 Å². The van der Waals surface area contributed by atoms with Gasteiger partial charge in [0.05, 0.1) is 45.2 Å². The van der Waals surface area contributed by atoms with E-state index < -0.39 is 64.5 Å². The first-order valence-corrected chi connectivity index (χ1v) is 28.1. The third-order valence-electron chi connectivity index (χ3n) is 18.1. The molecule has 77 heavy (non-hydrogen) atoms. The summed E-state index contributed by atoms with van der Waals surface area (Å²) < 4.78 is 59.6. The predicted molar refractivity (Wildman–Crippen MR) is 268 cm³/mol. The summed E-state index contributed by atoms with van der Waals surface area (Å²) in [6.45, 7) is 15.3. The molecule has 12 rings (SSSR count). The number of carbonyl (C=O) groups is 9. The number of ether oxygens (including phenoxy) is 11. The lowest BCUT2D eigenvalue weighted by Crippen LogP contribution is -2.48. The number of hydrogen-bond donors (Lipinski definition) is 0. The van der Waals surface area contributed by atoms with Crippen LogP contribution >= 0.6 is 0 Å². The minimum Gasteiger partial charge on any atom is -0.462 e. The topological polar surface area (TPSA) is 255 Å². The fourth-order valence-electron chi connectivity index (χ4n) is 12.9. The maximum Gasteiger partial charge on any atom is 0.344 e. The van der Waals surface area contributed by atoms with Crippen molar-refractivity contribution in [3.8, 4) is 0 Å². The zero-order valence-electron chi connectivity index (χ0n) is 46.8. The van der Waals surface area contributed by atoms with Crippen LogP contribution in [-0.2, 0) is 95.3 Å². The van der Waals surface area contributed by atoms with Gasteiger partial charge in [-0.05, 0) is 149 Å². The standard InChI is InChI=1S/C20H28O8.C20H30O7.C17H26O5/c1-4-19(2,3)18(24)26-10-15(21)25-11-16(22)28-20-7-12-5-13(8-20)17(23)27-14(6-12)9-20;1-4-19(2,3)18(23)25-6-5-24-16(21)12-26-20-9-13-7-14(10-20)17(22)27-15(8-13)11-20;1-4-16(2,3)15(19)20-10-21-17-7-11-5-12(8-17)14(18)22-13(6-11)9-17/h12-14H,4-11H2,1-3H3;13-15H,4-12H2,1-3H3;11-13H,4-10H2,1-3H3. The Bertz CT molecular complexity index is 2220. The molecule has 0 aromatic carbocycles. The van der Waals surface area contributed by atoms with Gasteiger partial charge in [0.25, 0.3) is 0 Å². The monoisotopic (exact) mass is 1090 g/mol. The van der Waals surface area contributed by atoms with E-state index in [1.807, 2.05) is 48.5 Å². The Labute approximate surface area is 452 Å². The second-order valence-electron chi connectivity index (χ2n) is 25.4. The summed E-state index contributed by atoms with van der Waals surface area (Å²) in [7, 11) is 0. The van der Waals surface area contributed by atoms with Crippen LogP contribution in [0.2, 0.25) is 0 Å². The van der Waals surface area contributed by atoms with Gasteiger partial charge >= 0.3 is 53.7 Å². The molecule has 432 valence electrons. The van der Waals surface area contributed by atoms with Gasteiger partial charge in [-0.15, -0.1) is 0 Å². The second kappa shape index (κ2) is 24.3. The summed E-state index contributed by atoms with van der Waals surface area (Å²) in [5.74, 6) is -2.55. The maximum atomic E-state index is 12.2. The Balaban J connectivity index is 0.000000169. The highest BCUT2D eigenvalue weighted by molar-refractivity contribution is 5.82. The number of carbonyl (C=O) groups excluding carboxylic acids is 9. The van der Waals surface area contributed by atoms with E-state index in [-0.39, 0.29) is 98.1 Å². The van der Waals surface area contributed by atoms with Crippen molar-refractivity contribution in [2.75, 3.05) is 39.8 Å². The number of hydrogen-bond acceptors (Lipinski definition) is 20. The quantitative estimate of drug-likeness (QED) is 0.0508. The Hall–Kier alpha value is -4.85. The van der Waals surface area contributed by atoms with Gasteiger partial charge in [0, 0.05) is 25.7 Å². The lowest BCUT2D eigenvalue weighted by atomic mass is 9.65. The van der Waals surface area contributed by atoms with Crippen LogP contribution in [0, 0.1) is 51.8 Å². The van der Waals surface area contributed by atoms with Crippen LogP contribution < -0.4 is 0 Å². The summed E-state index contributed by atoms with van der Waals surface area (Å²) in [4.78, 5) is 108. The van der Waals surface area contributed by atoms with E-state index in [0.717, 1.165) is 64.2 Å². The molecule has 0 amide bonds. The molecule has 6 aliphatic heterocycles. The van der Waals surface area contributed by atoms with Crippen LogP contribution in [0.3, 0.4) is 0 Å². The minimum atomic E-state index is -0.807. The Morgan fingerprint density at radius 3 is 1.29 bits per heavy atom. The van der Waals surface area contributed by atoms with Gasteiger partial charge in [-0.2, -0.15) is 0 Å². The fourth-order valence-corrected chi connectivity index (χ4v) is 12.9. The molecule has 6 saturated heterocycles. The molecule has 20 nitrogen and oxygen atoms in total. The van der Waals surface area contributed by atoms with Crippen LogP contribution in [-0.4, -0.2) is 129 Å². The van der Waals surface area contributed by atoms with Crippen LogP contribution in [0.1, 0.15) is 178 Å². The van der Waals surface area contributed by atoms with Crippen molar-refractivity contribution >= 4 is 53.7 Å². The van der Waals surface area contributed by atoms with Crippen LogP contribution in [0.25, 0.3) is 0 Å². The molecule has 12 atom stereocenters. The molecule has 12 bridgehead atoms. The highest BCUT2D eigenvalue weighted by Crippen LogP contribution is 2.54. The van der Waals surface area contributed by atoms with Crippen molar-refractivity contribution in [2.45, 2.75) is 213 Å². The minimum absolute atomic E-state index is 0.0101. The van der Waals surface area contributed by atoms with E-state index in [9.17, 15) is 43.2 Å². The van der Waals surface area contributed by atoms with E-state index in [1.54, 1.807) is 13.8 Å². The lowest BCUT2D eigenvalue weighted by molar-refractivity contribution is -0.199. The summed E-state index contributed by atoms with van der Waals surface area (Å²) in [6, 6.07) is 0. The molecule has 6 heterocycles. The first-order valence-electron chi connectivity index (χ1n) is 28.1.